The van der Waals surface area contributed by atoms with E-state index in [0.717, 1.165) is 12.3 Å². The van der Waals surface area contributed by atoms with Crippen LogP contribution in [0.2, 0.25) is 0 Å². The molecule has 1 amide bonds. The van der Waals surface area contributed by atoms with Crippen LogP contribution in [0.15, 0.2) is 16.7 Å². The molecule has 0 saturated carbocycles. The van der Waals surface area contributed by atoms with Crippen LogP contribution in [-0.4, -0.2) is 28.5 Å². The first-order chi connectivity index (χ1) is 8.70. The number of nitrogens with zero attached hydrogens (tertiary/aromatic N) is 2. The highest BCUT2D eigenvalue weighted by molar-refractivity contribution is 9.10. The summed E-state index contributed by atoms with van der Waals surface area (Å²) in [7, 11) is 0. The van der Waals surface area contributed by atoms with Crippen LogP contribution < -0.4 is 5.32 Å². The van der Waals surface area contributed by atoms with Gasteiger partial charge in [-0.1, -0.05) is 0 Å². The number of aromatic nitrogens is 1. The maximum atomic E-state index is 11.9. The molecule has 0 bridgehead atoms. The van der Waals surface area contributed by atoms with E-state index in [1.807, 2.05) is 5.32 Å². The van der Waals surface area contributed by atoms with E-state index >= 15 is 0 Å². The monoisotopic (exact) mass is 341 g/mol. The maximum Gasteiger partial charge on any atom is 0.390 e. The first-order valence-corrected chi connectivity index (χ1v) is 5.65. The number of amides is 1. The third-order valence-corrected chi connectivity index (χ3v) is 2.60. The topological polar surface area (TPSA) is 85.1 Å². The van der Waals surface area contributed by atoms with E-state index < -0.39 is 35.8 Å². The Morgan fingerprint density at radius 1 is 1.53 bits per heavy atom. The van der Waals surface area contributed by atoms with Crippen molar-refractivity contribution in [2.45, 2.75) is 12.6 Å². The number of carbonyl (C=O) groups excluding carboxylic acids is 1. The van der Waals surface area contributed by atoms with Gasteiger partial charge in [-0.05, 0) is 25.8 Å². The van der Waals surface area contributed by atoms with Crippen molar-refractivity contribution >= 4 is 27.7 Å². The Morgan fingerprint density at radius 3 is 2.68 bits per heavy atom. The Labute approximate surface area is 113 Å². The Balaban J connectivity index is 2.76. The summed E-state index contributed by atoms with van der Waals surface area (Å²) in [6, 6.07) is 0.882. The number of rotatable bonds is 4. The molecule has 0 aliphatic heterocycles. The Hall–Kier alpha value is -1.71. The number of hydrogen-bond acceptors (Lipinski definition) is 4. The fraction of sp³-hybridized carbons (Fsp3) is 0.333. The van der Waals surface area contributed by atoms with E-state index in [9.17, 15) is 28.1 Å². The minimum atomic E-state index is -4.38. The first kappa shape index (κ1) is 15.3. The minimum absolute atomic E-state index is 0.149. The minimum Gasteiger partial charge on any atom is -0.358 e. The highest BCUT2D eigenvalue weighted by Gasteiger charge is 2.27. The van der Waals surface area contributed by atoms with Crippen molar-refractivity contribution in [2.75, 3.05) is 6.54 Å². The van der Waals surface area contributed by atoms with Crippen LogP contribution in [0.5, 0.6) is 0 Å². The average Bonchev–Trinajstić information content (AvgIpc) is 2.27. The summed E-state index contributed by atoms with van der Waals surface area (Å²) in [4.78, 5) is 24.7. The van der Waals surface area contributed by atoms with Crippen LogP contribution in [0.4, 0.5) is 19.0 Å². The zero-order valence-electron chi connectivity index (χ0n) is 9.20. The molecule has 0 fully saturated rings. The van der Waals surface area contributed by atoms with Gasteiger partial charge in [-0.3, -0.25) is 4.79 Å². The average molecular weight is 342 g/mol. The molecular formula is C9H7BrF3N3O3. The van der Waals surface area contributed by atoms with Gasteiger partial charge in [-0.25, -0.2) is 0 Å². The number of nitro groups is 1. The fourth-order valence-electron chi connectivity index (χ4n) is 1.11. The first-order valence-electron chi connectivity index (χ1n) is 4.85. The lowest BCUT2D eigenvalue weighted by Crippen LogP contribution is -2.28. The van der Waals surface area contributed by atoms with Crippen molar-refractivity contribution in [3.8, 4) is 0 Å². The van der Waals surface area contributed by atoms with Gasteiger partial charge in [0.25, 0.3) is 5.91 Å². The van der Waals surface area contributed by atoms with Crippen molar-refractivity contribution in [1.29, 1.82) is 0 Å². The van der Waals surface area contributed by atoms with Gasteiger partial charge in [0.2, 0.25) is 0 Å². The van der Waals surface area contributed by atoms with E-state index in [1.54, 1.807) is 0 Å². The van der Waals surface area contributed by atoms with Crippen molar-refractivity contribution in [2.24, 2.45) is 0 Å². The van der Waals surface area contributed by atoms with Crippen LogP contribution in [0.25, 0.3) is 0 Å². The predicted molar refractivity (Wildman–Crippen MR) is 61.6 cm³/mol. The lowest BCUT2D eigenvalue weighted by molar-refractivity contribution is -0.389. The van der Waals surface area contributed by atoms with E-state index in [1.165, 1.54) is 0 Å². The number of pyridine rings is 1. The fourth-order valence-corrected chi connectivity index (χ4v) is 1.51. The van der Waals surface area contributed by atoms with Crippen molar-refractivity contribution in [3.63, 3.8) is 0 Å². The predicted octanol–water partition coefficient (Wildman–Crippen LogP) is 2.43. The second-order valence-electron chi connectivity index (χ2n) is 3.40. The lowest BCUT2D eigenvalue weighted by Gasteiger charge is -2.08. The molecule has 0 spiro atoms. The third-order valence-electron chi connectivity index (χ3n) is 1.97. The molecule has 0 unspecified atom stereocenters. The van der Waals surface area contributed by atoms with Gasteiger partial charge in [-0.2, -0.15) is 13.2 Å². The molecule has 0 atom stereocenters. The largest absolute Gasteiger partial charge is 0.390 e. The molecule has 0 aromatic carbocycles. The second kappa shape index (κ2) is 5.95. The highest BCUT2D eigenvalue weighted by Crippen LogP contribution is 2.21. The van der Waals surface area contributed by atoms with Crippen LogP contribution in [0.3, 0.4) is 0 Å². The van der Waals surface area contributed by atoms with Gasteiger partial charge in [0.1, 0.15) is 0 Å². The van der Waals surface area contributed by atoms with Crippen molar-refractivity contribution in [3.05, 3.63) is 32.4 Å². The summed E-state index contributed by atoms with van der Waals surface area (Å²) in [6.45, 7) is -0.606. The molecule has 1 N–H and O–H groups in total. The number of carbonyl (C=O) groups is 1. The molecule has 0 aliphatic rings. The normalized spacial score (nSPS) is 11.2. The van der Waals surface area contributed by atoms with E-state index in [4.69, 9.17) is 0 Å². The van der Waals surface area contributed by atoms with Gasteiger partial charge in [-0.15, -0.1) is 0 Å². The van der Waals surface area contributed by atoms with E-state index in [-0.39, 0.29) is 10.0 Å². The zero-order chi connectivity index (χ0) is 14.6. The third kappa shape index (κ3) is 4.81. The SMILES string of the molecule is O=C(NCCC(F)(F)F)c1cc([N+](=O)[O-])ncc1Br. The molecule has 1 aromatic heterocycles. The standard InChI is InChI=1S/C9H7BrF3N3O3/c10-6-4-15-7(16(18)19)3-5(6)8(17)14-2-1-9(11,12)13/h3-4H,1-2H2,(H,14,17). The summed E-state index contributed by atoms with van der Waals surface area (Å²) in [6.07, 6.45) is -4.52. The van der Waals surface area contributed by atoms with Crippen LogP contribution >= 0.6 is 15.9 Å². The molecule has 19 heavy (non-hydrogen) atoms. The number of halogens is 4. The van der Waals surface area contributed by atoms with E-state index in [0.29, 0.717) is 0 Å². The van der Waals surface area contributed by atoms with Gasteiger partial charge < -0.3 is 15.4 Å². The smallest absolute Gasteiger partial charge is 0.358 e. The van der Waals surface area contributed by atoms with E-state index in [2.05, 4.69) is 20.9 Å². The van der Waals surface area contributed by atoms with Crippen LogP contribution in [0, 0.1) is 10.1 Å². The summed E-state index contributed by atoms with van der Waals surface area (Å²) in [5.41, 5.74) is -0.149. The number of alkyl halides is 3. The summed E-state index contributed by atoms with van der Waals surface area (Å²) >= 11 is 2.94. The summed E-state index contributed by atoms with van der Waals surface area (Å²) < 4.78 is 35.8. The van der Waals surface area contributed by atoms with Crippen molar-refractivity contribution in [1.82, 2.24) is 10.3 Å². The lowest BCUT2D eigenvalue weighted by atomic mass is 10.2. The van der Waals surface area contributed by atoms with Gasteiger partial charge >= 0.3 is 12.0 Å². The number of nitrogens with one attached hydrogen (secondary N) is 1. The molecule has 6 nitrogen and oxygen atoms in total. The molecule has 0 radical (unpaired) electrons. The summed E-state index contributed by atoms with van der Waals surface area (Å²) in [5.74, 6) is -1.41. The highest BCUT2D eigenvalue weighted by atomic mass is 79.9. The van der Waals surface area contributed by atoms with Gasteiger partial charge in [0.05, 0.1) is 16.5 Å². The quantitative estimate of drug-likeness (QED) is 0.673. The molecule has 10 heteroatoms. The molecular weight excluding hydrogens is 335 g/mol. The van der Waals surface area contributed by atoms with Gasteiger partial charge in [0, 0.05) is 12.6 Å². The molecule has 0 saturated heterocycles. The maximum absolute atomic E-state index is 11.9. The molecule has 0 aliphatic carbocycles. The molecule has 104 valence electrons. The van der Waals surface area contributed by atoms with Crippen LogP contribution in [0.1, 0.15) is 16.8 Å². The van der Waals surface area contributed by atoms with Crippen molar-refractivity contribution < 1.29 is 22.9 Å². The Morgan fingerprint density at radius 2 is 2.16 bits per heavy atom. The van der Waals surface area contributed by atoms with Crippen LogP contribution in [-0.2, 0) is 0 Å². The number of hydrogen-bond donors (Lipinski definition) is 1. The molecule has 1 aromatic rings. The Kier molecular flexibility index (Phi) is 4.81. The second-order valence-corrected chi connectivity index (χ2v) is 4.25. The molecule has 1 heterocycles. The summed E-state index contributed by atoms with van der Waals surface area (Å²) in [5, 5.41) is 12.5. The molecule has 1 rings (SSSR count). The zero-order valence-corrected chi connectivity index (χ0v) is 10.8. The Bertz CT molecular complexity index is 507. The van der Waals surface area contributed by atoms with Gasteiger partial charge in [0.15, 0.2) is 6.20 Å².